The molecule has 0 saturated carbocycles. The van der Waals surface area contributed by atoms with Gasteiger partial charge in [0.25, 0.3) is 0 Å². The van der Waals surface area contributed by atoms with E-state index >= 15 is 0 Å². The van der Waals surface area contributed by atoms with Crippen molar-refractivity contribution in [3.63, 3.8) is 0 Å². The molecule has 1 aromatic heterocycles. The first-order valence-electron chi connectivity index (χ1n) is 10.9. The monoisotopic (exact) mass is 558 g/mol. The van der Waals surface area contributed by atoms with Crippen molar-refractivity contribution in [2.45, 2.75) is 19.8 Å². The number of halogens is 1. The summed E-state index contributed by atoms with van der Waals surface area (Å²) in [6.07, 6.45) is 0.747. The van der Waals surface area contributed by atoms with E-state index in [0.717, 1.165) is 21.3 Å². The molecule has 12 nitrogen and oxygen atoms in total. The topological polar surface area (TPSA) is 172 Å². The van der Waals surface area contributed by atoms with E-state index in [9.17, 15) is 10.0 Å². The van der Waals surface area contributed by atoms with E-state index < -0.39 is 0 Å². The highest BCUT2D eigenvalue weighted by Crippen LogP contribution is 2.23. The summed E-state index contributed by atoms with van der Waals surface area (Å²) in [6.45, 7) is 2.77. The molecule has 1 amide bonds. The number of anilines is 1. The molecule has 6 N–H and O–H groups in total. The molecule has 0 aliphatic rings. The third-order valence-electron chi connectivity index (χ3n) is 4.92. The third kappa shape index (κ3) is 7.78. The molecule has 1 heterocycles. The molecule has 2 aromatic carbocycles. The Hall–Kier alpha value is -3.97. The Kier molecular flexibility index (Phi) is 9.77. The van der Waals surface area contributed by atoms with Gasteiger partial charge in [0.05, 0.1) is 19.2 Å². The van der Waals surface area contributed by atoms with Gasteiger partial charge in [0, 0.05) is 17.6 Å². The zero-order valence-electron chi connectivity index (χ0n) is 19.8. The fourth-order valence-corrected chi connectivity index (χ4v) is 3.38. The number of aryl methyl sites for hydroxylation is 1. The molecule has 0 fully saturated rings. The third-order valence-corrected chi connectivity index (χ3v) is 5.77. The molecule has 0 saturated heterocycles. The largest absolute Gasteiger partial charge is 0.497 e. The quantitative estimate of drug-likeness (QED) is 0.108. The number of benzene rings is 2. The number of carbonyl (C=O) groups excluding carboxylic acids is 1. The molecule has 13 heteroatoms. The second-order valence-corrected chi connectivity index (χ2v) is 8.44. The summed E-state index contributed by atoms with van der Waals surface area (Å²) in [4.78, 5) is 20.6. The summed E-state index contributed by atoms with van der Waals surface area (Å²) < 4.78 is 10.8. The lowest BCUT2D eigenvalue weighted by molar-refractivity contribution is -0.119. The first kappa shape index (κ1) is 26.6. The van der Waals surface area contributed by atoms with Crippen molar-refractivity contribution in [3.05, 3.63) is 63.8 Å². The van der Waals surface area contributed by atoms with Gasteiger partial charge >= 0.3 is 0 Å². The maximum absolute atomic E-state index is 12.1. The molecule has 0 spiro atoms. The lowest BCUT2D eigenvalue weighted by Gasteiger charge is -2.07. The van der Waals surface area contributed by atoms with Crippen molar-refractivity contribution in [1.29, 1.82) is 0 Å². The van der Waals surface area contributed by atoms with E-state index in [2.05, 4.69) is 46.9 Å². The minimum atomic E-state index is -0.262. The summed E-state index contributed by atoms with van der Waals surface area (Å²) >= 11 is 3.45. The number of hydrogen-bond donors (Lipinski definition) is 5. The van der Waals surface area contributed by atoms with Gasteiger partial charge in [0.1, 0.15) is 5.75 Å². The van der Waals surface area contributed by atoms with Crippen LogP contribution in [0.25, 0.3) is 0 Å². The highest BCUT2D eigenvalue weighted by atomic mass is 79.9. The van der Waals surface area contributed by atoms with Gasteiger partial charge in [-0.05, 0) is 59.1 Å². The maximum atomic E-state index is 12.1. The molecular formula is C23H27BrN8O4. The number of nitrogens with one attached hydrogen (secondary N) is 3. The first-order valence-corrected chi connectivity index (χ1v) is 11.7. The van der Waals surface area contributed by atoms with Crippen LogP contribution in [-0.4, -0.2) is 53.4 Å². The molecule has 3 rings (SSSR count). The standard InChI is InChI=1S/C23H27BrN8O4/c1-14-4-7-16(13-18(14)24)28-22(30-34)20-21(32-36-31-20)26-10-3-11-27-23(25)29-19(33)12-15-5-8-17(35-2)9-6-15/h4-9,13,34H,3,10-12H2,1-2H3,(H,26,32)(H,28,30)(H3,25,27,29,33). The van der Waals surface area contributed by atoms with Crippen LogP contribution in [0.4, 0.5) is 11.5 Å². The number of nitrogens with two attached hydrogens (primary N) is 1. The first-order chi connectivity index (χ1) is 17.4. The summed E-state index contributed by atoms with van der Waals surface area (Å²) in [7, 11) is 1.58. The number of ether oxygens (including phenoxy) is 1. The Morgan fingerprint density at radius 1 is 1.22 bits per heavy atom. The molecule has 0 aliphatic carbocycles. The van der Waals surface area contributed by atoms with Gasteiger partial charge in [-0.1, -0.05) is 34.1 Å². The number of methoxy groups -OCH3 is 1. The van der Waals surface area contributed by atoms with Crippen LogP contribution in [0, 0.1) is 6.92 Å². The Balaban J connectivity index is 1.47. The lowest BCUT2D eigenvalue weighted by atomic mass is 10.1. The highest BCUT2D eigenvalue weighted by molar-refractivity contribution is 9.10. The van der Waals surface area contributed by atoms with Gasteiger partial charge in [0.15, 0.2) is 17.5 Å². The van der Waals surface area contributed by atoms with E-state index in [1.807, 2.05) is 36.7 Å². The highest BCUT2D eigenvalue weighted by Gasteiger charge is 2.16. The molecule has 0 aliphatic heterocycles. The van der Waals surface area contributed by atoms with E-state index in [-0.39, 0.29) is 29.8 Å². The molecule has 0 atom stereocenters. The van der Waals surface area contributed by atoms with Gasteiger partial charge < -0.3 is 15.8 Å². The molecule has 3 aromatic rings. The molecule has 0 unspecified atom stereocenters. The zero-order valence-corrected chi connectivity index (χ0v) is 21.4. The van der Waals surface area contributed by atoms with Crippen LogP contribution in [0.1, 0.15) is 23.2 Å². The van der Waals surface area contributed by atoms with Gasteiger partial charge in [-0.3, -0.25) is 25.8 Å². The fourth-order valence-electron chi connectivity index (χ4n) is 3.01. The van der Waals surface area contributed by atoms with E-state index in [1.165, 1.54) is 0 Å². The Bertz CT molecular complexity index is 1230. The predicted molar refractivity (Wildman–Crippen MR) is 139 cm³/mol. The minimum Gasteiger partial charge on any atom is -0.497 e. The van der Waals surface area contributed by atoms with E-state index in [4.69, 9.17) is 15.1 Å². The van der Waals surface area contributed by atoms with Gasteiger partial charge in [-0.15, -0.1) is 0 Å². The van der Waals surface area contributed by atoms with Crippen molar-refractivity contribution < 1.29 is 19.4 Å². The van der Waals surface area contributed by atoms with Crippen LogP contribution in [-0.2, 0) is 11.2 Å². The Morgan fingerprint density at radius 2 is 2.00 bits per heavy atom. The van der Waals surface area contributed by atoms with Crippen molar-refractivity contribution >= 4 is 45.1 Å². The number of aliphatic imine (C=N–C) groups is 2. The number of hydroxylamine groups is 1. The van der Waals surface area contributed by atoms with Crippen LogP contribution < -0.4 is 26.6 Å². The van der Waals surface area contributed by atoms with Crippen molar-refractivity contribution in [2.24, 2.45) is 15.7 Å². The number of rotatable bonds is 10. The predicted octanol–water partition coefficient (Wildman–Crippen LogP) is 2.68. The van der Waals surface area contributed by atoms with E-state index in [1.54, 1.807) is 25.3 Å². The number of aromatic nitrogens is 2. The fraction of sp³-hybridized carbons (Fsp3) is 0.261. The number of amidine groups is 1. The lowest BCUT2D eigenvalue weighted by Crippen LogP contribution is -2.37. The zero-order chi connectivity index (χ0) is 25.9. The minimum absolute atomic E-state index is 0.0421. The second kappa shape index (κ2) is 13.2. The van der Waals surface area contributed by atoms with Crippen LogP contribution in [0.2, 0.25) is 0 Å². The van der Waals surface area contributed by atoms with E-state index in [0.29, 0.717) is 31.0 Å². The maximum Gasteiger partial charge on any atom is 0.231 e. The molecule has 36 heavy (non-hydrogen) atoms. The molecular weight excluding hydrogens is 532 g/mol. The van der Waals surface area contributed by atoms with Crippen LogP contribution in [0.3, 0.4) is 0 Å². The summed E-state index contributed by atoms with van der Waals surface area (Å²) in [6, 6.07) is 12.7. The van der Waals surface area contributed by atoms with Crippen LogP contribution in [0.15, 0.2) is 61.6 Å². The van der Waals surface area contributed by atoms with Gasteiger partial charge in [-0.2, -0.15) is 0 Å². The van der Waals surface area contributed by atoms with Gasteiger partial charge in [-0.25, -0.2) is 9.62 Å². The summed E-state index contributed by atoms with van der Waals surface area (Å²) in [5, 5.41) is 22.8. The van der Waals surface area contributed by atoms with Crippen LogP contribution in [0.5, 0.6) is 5.75 Å². The average molecular weight is 559 g/mol. The summed E-state index contributed by atoms with van der Waals surface area (Å²) in [5.74, 6) is 0.864. The Morgan fingerprint density at radius 3 is 2.69 bits per heavy atom. The molecule has 0 bridgehead atoms. The number of guanidine groups is 1. The second-order valence-electron chi connectivity index (χ2n) is 7.59. The number of hydrogen-bond acceptors (Lipinski definition) is 9. The SMILES string of the molecule is COc1ccc(CC(=O)NC(N)=NCCCNc2nonc2C(=Nc2ccc(C)c(Br)c2)NO)cc1. The van der Waals surface area contributed by atoms with Crippen LogP contribution >= 0.6 is 15.9 Å². The van der Waals surface area contributed by atoms with Crippen molar-refractivity contribution in [2.75, 3.05) is 25.5 Å². The van der Waals surface area contributed by atoms with Crippen molar-refractivity contribution in [1.82, 2.24) is 21.1 Å². The number of carbonyl (C=O) groups is 1. The molecule has 190 valence electrons. The van der Waals surface area contributed by atoms with Crippen molar-refractivity contribution in [3.8, 4) is 5.75 Å². The number of nitrogens with zero attached hydrogens (tertiary/aromatic N) is 4. The number of amides is 1. The smallest absolute Gasteiger partial charge is 0.231 e. The van der Waals surface area contributed by atoms with Gasteiger partial charge in [0.2, 0.25) is 11.7 Å². The molecule has 0 radical (unpaired) electrons. The Labute approximate surface area is 216 Å². The summed E-state index contributed by atoms with van der Waals surface area (Å²) in [5.41, 5.74) is 10.5. The normalized spacial score (nSPS) is 11.8. The average Bonchev–Trinajstić information content (AvgIpc) is 3.33.